The summed E-state index contributed by atoms with van der Waals surface area (Å²) in [6, 6.07) is 2.37. The van der Waals surface area contributed by atoms with Gasteiger partial charge in [-0.25, -0.2) is 9.67 Å². The van der Waals surface area contributed by atoms with Crippen LogP contribution in [0.1, 0.15) is 52.3 Å². The summed E-state index contributed by atoms with van der Waals surface area (Å²) in [5.74, 6) is 6.98. The summed E-state index contributed by atoms with van der Waals surface area (Å²) < 4.78 is 10.1. The van der Waals surface area contributed by atoms with E-state index in [2.05, 4.69) is 71.6 Å². The summed E-state index contributed by atoms with van der Waals surface area (Å²) in [6.45, 7) is 8.99. The van der Waals surface area contributed by atoms with Crippen molar-refractivity contribution in [2.45, 2.75) is 58.9 Å². The second-order valence-corrected chi connectivity index (χ2v) is 20.3. The number of rotatable bonds is 9. The standard InChI is InChI=1S/C27H42N4O2S/c1-9-10-21(2)31-19-25(24-15-23(28-17-26(24)31)11-12-27(3,4)32)22-16-29-30(18-22)20-33-13-14-34(5,6,7)8/h15-19,21,32,34H,9-10,13-14,20H2,1-8H3. The Balaban J connectivity index is 1.92. The zero-order valence-electron chi connectivity index (χ0n) is 22.1. The van der Waals surface area contributed by atoms with Crippen molar-refractivity contribution in [3.63, 3.8) is 0 Å². The normalized spacial score (nSPS) is 14.4. The minimum atomic E-state index is -1.56. The van der Waals surface area contributed by atoms with Gasteiger partial charge in [-0.2, -0.15) is 5.10 Å². The average molecular weight is 487 g/mol. The Bertz CT molecular complexity index is 1190. The molecular formula is C27H42N4O2S. The number of hydrogen-bond acceptors (Lipinski definition) is 4. The minimum Gasteiger partial charge on any atom is -0.378 e. The first-order valence-electron chi connectivity index (χ1n) is 12.1. The molecular weight excluding hydrogens is 444 g/mol. The fraction of sp³-hybridized carbons (Fsp3) is 0.556. The molecule has 1 atom stereocenters. The fourth-order valence-electron chi connectivity index (χ4n) is 3.75. The van der Waals surface area contributed by atoms with Gasteiger partial charge in [0.15, 0.2) is 0 Å². The van der Waals surface area contributed by atoms with Gasteiger partial charge in [-0.15, -0.1) is 0 Å². The molecule has 0 aromatic carbocycles. The van der Waals surface area contributed by atoms with Crippen molar-refractivity contribution in [1.82, 2.24) is 19.3 Å². The van der Waals surface area contributed by atoms with E-state index < -0.39 is 14.8 Å². The van der Waals surface area contributed by atoms with Gasteiger partial charge in [0, 0.05) is 34.9 Å². The molecule has 3 aromatic heterocycles. The Hall–Kier alpha value is -2.27. The largest absolute Gasteiger partial charge is 0.378 e. The molecule has 0 fully saturated rings. The maximum Gasteiger partial charge on any atom is 0.139 e. The van der Waals surface area contributed by atoms with Gasteiger partial charge in [-0.3, -0.25) is 9.16 Å². The molecule has 0 amide bonds. The fourth-order valence-corrected chi connectivity index (χ4v) is 4.61. The molecule has 0 aliphatic carbocycles. The summed E-state index contributed by atoms with van der Waals surface area (Å²) in [5, 5.41) is 15.6. The van der Waals surface area contributed by atoms with Crippen LogP contribution in [-0.2, 0) is 11.5 Å². The molecule has 0 bridgehead atoms. The lowest BCUT2D eigenvalue weighted by molar-refractivity contribution is 0.0808. The third kappa shape index (κ3) is 7.36. The van der Waals surface area contributed by atoms with E-state index >= 15 is 0 Å². The molecule has 3 rings (SSSR count). The molecule has 188 valence electrons. The van der Waals surface area contributed by atoms with Crippen molar-refractivity contribution in [1.29, 1.82) is 0 Å². The second-order valence-electron chi connectivity index (χ2n) is 12.0. The Morgan fingerprint density at radius 1 is 1.18 bits per heavy atom. The van der Waals surface area contributed by atoms with Gasteiger partial charge in [0.2, 0.25) is 0 Å². The molecule has 3 heterocycles. The summed E-state index contributed by atoms with van der Waals surface area (Å²) in [4.78, 5) is 4.56. The maximum absolute atomic E-state index is 9.98. The first kappa shape index (κ1) is 26.3. The number of fused-ring (bicyclic) bond motifs is 1. The van der Waals surface area contributed by atoms with Gasteiger partial charge in [0.25, 0.3) is 0 Å². The zero-order valence-corrected chi connectivity index (χ0v) is 23.0. The van der Waals surface area contributed by atoms with Crippen molar-refractivity contribution >= 4 is 20.1 Å². The highest BCUT2D eigenvalue weighted by Crippen LogP contribution is 2.54. The summed E-state index contributed by atoms with van der Waals surface area (Å²) in [6.07, 6.45) is 19.7. The third-order valence-corrected chi connectivity index (χ3v) is 7.67. The molecule has 0 aliphatic rings. The highest BCUT2D eigenvalue weighted by molar-refractivity contribution is 8.47. The van der Waals surface area contributed by atoms with E-state index in [4.69, 9.17) is 4.74 Å². The first-order chi connectivity index (χ1) is 15.7. The predicted octanol–water partition coefficient (Wildman–Crippen LogP) is 4.95. The monoisotopic (exact) mass is 486 g/mol. The van der Waals surface area contributed by atoms with Crippen LogP contribution in [0.4, 0.5) is 0 Å². The van der Waals surface area contributed by atoms with Gasteiger partial charge >= 0.3 is 0 Å². The predicted molar refractivity (Wildman–Crippen MR) is 147 cm³/mol. The highest BCUT2D eigenvalue weighted by Gasteiger charge is 2.19. The Morgan fingerprint density at radius 3 is 2.56 bits per heavy atom. The second kappa shape index (κ2) is 9.77. The molecule has 34 heavy (non-hydrogen) atoms. The molecule has 0 radical (unpaired) electrons. The average Bonchev–Trinajstić information content (AvgIpc) is 3.32. The molecule has 0 saturated heterocycles. The quantitative estimate of drug-likeness (QED) is 0.255. The van der Waals surface area contributed by atoms with Crippen LogP contribution in [0.2, 0.25) is 0 Å². The lowest BCUT2D eigenvalue weighted by atomic mass is 10.1. The number of aromatic nitrogens is 4. The molecule has 3 aromatic rings. The number of aliphatic hydroxyl groups is 1. The number of pyridine rings is 1. The maximum atomic E-state index is 9.98. The number of nitrogens with zero attached hydrogens (tertiary/aromatic N) is 4. The van der Waals surface area contributed by atoms with Crippen LogP contribution in [0, 0.1) is 11.8 Å². The van der Waals surface area contributed by atoms with Crippen LogP contribution in [0.25, 0.3) is 22.0 Å². The van der Waals surface area contributed by atoms with E-state index in [1.54, 1.807) is 13.8 Å². The van der Waals surface area contributed by atoms with E-state index in [0.717, 1.165) is 47.2 Å². The molecule has 0 aliphatic heterocycles. The SMILES string of the molecule is CCCC(C)n1cc(-c2cnn(COCC[SH](C)(C)(C)C)c2)c2cc(C#CC(C)(C)O)ncc21. The van der Waals surface area contributed by atoms with Crippen LogP contribution in [0.3, 0.4) is 0 Å². The van der Waals surface area contributed by atoms with Crippen LogP contribution in [0.15, 0.2) is 30.9 Å². The lowest BCUT2D eigenvalue weighted by Crippen LogP contribution is -2.19. The van der Waals surface area contributed by atoms with Crippen molar-refractivity contribution in [3.8, 4) is 23.0 Å². The highest BCUT2D eigenvalue weighted by atomic mass is 32.3. The van der Waals surface area contributed by atoms with Gasteiger partial charge < -0.3 is 14.4 Å². The van der Waals surface area contributed by atoms with E-state index in [9.17, 15) is 5.11 Å². The first-order valence-corrected chi connectivity index (χ1v) is 16.3. The van der Waals surface area contributed by atoms with Crippen molar-refractivity contribution in [2.75, 3.05) is 37.4 Å². The topological polar surface area (TPSA) is 65.1 Å². The number of thiol groups is 1. The molecule has 6 nitrogen and oxygen atoms in total. The van der Waals surface area contributed by atoms with Crippen LogP contribution >= 0.6 is 9.16 Å². The molecule has 0 spiro atoms. The Kier molecular flexibility index (Phi) is 7.57. The van der Waals surface area contributed by atoms with E-state index in [1.165, 1.54) is 0 Å². The smallest absolute Gasteiger partial charge is 0.139 e. The number of ether oxygens (including phenoxy) is 1. The minimum absolute atomic E-state index is 0.359. The lowest BCUT2D eigenvalue weighted by Gasteiger charge is -2.46. The number of hydrogen-bond donors (Lipinski definition) is 2. The molecule has 7 heteroatoms. The van der Waals surface area contributed by atoms with Gasteiger partial charge in [0.1, 0.15) is 18.0 Å². The van der Waals surface area contributed by atoms with Gasteiger partial charge in [-0.05, 0) is 70.0 Å². The van der Waals surface area contributed by atoms with E-state index in [1.807, 2.05) is 29.3 Å². The van der Waals surface area contributed by atoms with Crippen molar-refractivity contribution < 1.29 is 9.84 Å². The van der Waals surface area contributed by atoms with Crippen LogP contribution < -0.4 is 0 Å². The summed E-state index contributed by atoms with van der Waals surface area (Å²) in [5.41, 5.74) is 2.81. The van der Waals surface area contributed by atoms with E-state index in [0.29, 0.717) is 18.5 Å². The molecule has 1 unspecified atom stereocenters. The van der Waals surface area contributed by atoms with Gasteiger partial charge in [-0.1, -0.05) is 19.3 Å². The molecule has 0 saturated carbocycles. The zero-order chi connectivity index (χ0) is 25.2. The van der Waals surface area contributed by atoms with E-state index in [-0.39, 0.29) is 0 Å². The Labute approximate surface area is 205 Å². The third-order valence-electron chi connectivity index (χ3n) is 5.70. The summed E-state index contributed by atoms with van der Waals surface area (Å²) >= 11 is 0. The van der Waals surface area contributed by atoms with Crippen molar-refractivity contribution in [3.05, 3.63) is 36.5 Å². The van der Waals surface area contributed by atoms with Crippen LogP contribution in [0.5, 0.6) is 0 Å². The summed E-state index contributed by atoms with van der Waals surface area (Å²) in [7, 11) is -1.56. The Morgan fingerprint density at radius 2 is 1.91 bits per heavy atom. The van der Waals surface area contributed by atoms with Gasteiger partial charge in [0.05, 0.1) is 24.5 Å². The van der Waals surface area contributed by atoms with Crippen molar-refractivity contribution in [2.24, 2.45) is 0 Å². The molecule has 1 N–H and O–H groups in total. The van der Waals surface area contributed by atoms with Crippen LogP contribution in [-0.4, -0.2) is 67.4 Å².